The molecule has 11 heteroatoms. The largest absolute Gasteiger partial charge is 0.462 e. The second-order valence-corrected chi connectivity index (χ2v) is 8.47. The van der Waals surface area contributed by atoms with Crippen LogP contribution in [0.3, 0.4) is 0 Å². The third kappa shape index (κ3) is 5.41. The molecule has 0 saturated carbocycles. The quantitative estimate of drug-likeness (QED) is 0.370. The van der Waals surface area contributed by atoms with Crippen LogP contribution < -0.4 is 5.32 Å². The first-order valence-corrected chi connectivity index (χ1v) is 11.5. The summed E-state index contributed by atoms with van der Waals surface area (Å²) < 4.78 is 11.8. The number of anilines is 1. The third-order valence-corrected chi connectivity index (χ3v) is 5.95. The maximum absolute atomic E-state index is 12.8. The minimum Gasteiger partial charge on any atom is -0.462 e. The number of hydrogen-bond donors (Lipinski definition) is 1. The van der Waals surface area contributed by atoms with Crippen LogP contribution in [0.2, 0.25) is 0 Å². The highest BCUT2D eigenvalue weighted by molar-refractivity contribution is 7.17. The zero-order valence-electron chi connectivity index (χ0n) is 18.9. The van der Waals surface area contributed by atoms with Gasteiger partial charge in [0, 0.05) is 10.4 Å². The van der Waals surface area contributed by atoms with Crippen molar-refractivity contribution >= 4 is 34.2 Å². The molecule has 2 heterocycles. The van der Waals surface area contributed by atoms with E-state index in [0.29, 0.717) is 16.3 Å². The lowest BCUT2D eigenvalue weighted by molar-refractivity contribution is -0.119. The molecule has 35 heavy (non-hydrogen) atoms. The lowest BCUT2D eigenvalue weighted by atomic mass is 10.0. The molecular formula is C24H21N5O5S. The van der Waals surface area contributed by atoms with Gasteiger partial charge in [0.15, 0.2) is 6.61 Å². The molecule has 2 aromatic carbocycles. The number of carbonyl (C=O) groups excluding carboxylic acids is 3. The van der Waals surface area contributed by atoms with Gasteiger partial charge in [0.2, 0.25) is 0 Å². The van der Waals surface area contributed by atoms with E-state index in [1.165, 1.54) is 22.3 Å². The molecule has 0 aliphatic heterocycles. The van der Waals surface area contributed by atoms with Gasteiger partial charge < -0.3 is 14.8 Å². The van der Waals surface area contributed by atoms with Gasteiger partial charge in [0.05, 0.1) is 17.9 Å². The molecule has 1 N–H and O–H groups in total. The fourth-order valence-corrected chi connectivity index (χ4v) is 4.47. The van der Waals surface area contributed by atoms with Gasteiger partial charge in [-0.15, -0.1) is 16.4 Å². The van der Waals surface area contributed by atoms with E-state index in [2.05, 4.69) is 20.8 Å². The zero-order valence-corrected chi connectivity index (χ0v) is 19.7. The summed E-state index contributed by atoms with van der Waals surface area (Å²) in [5, 5.41) is 13.9. The molecule has 178 valence electrons. The Kier molecular flexibility index (Phi) is 7.27. The van der Waals surface area contributed by atoms with Crippen molar-refractivity contribution in [2.24, 2.45) is 0 Å². The summed E-state index contributed by atoms with van der Waals surface area (Å²) in [4.78, 5) is 38.6. The number of thiophene rings is 1. The molecule has 0 aliphatic carbocycles. The monoisotopic (exact) mass is 491 g/mol. The predicted molar refractivity (Wildman–Crippen MR) is 129 cm³/mol. The molecule has 1 amide bonds. The van der Waals surface area contributed by atoms with Crippen LogP contribution in [-0.2, 0) is 14.3 Å². The van der Waals surface area contributed by atoms with Crippen LogP contribution in [0.4, 0.5) is 5.00 Å². The Balaban J connectivity index is 1.46. The van der Waals surface area contributed by atoms with E-state index in [0.717, 1.165) is 10.4 Å². The summed E-state index contributed by atoms with van der Waals surface area (Å²) in [6.45, 7) is 3.25. The van der Waals surface area contributed by atoms with Gasteiger partial charge in [-0.05, 0) is 54.1 Å². The van der Waals surface area contributed by atoms with Gasteiger partial charge in [-0.2, -0.15) is 0 Å². The molecule has 4 rings (SSSR count). The lowest BCUT2D eigenvalue weighted by Gasteiger charge is -2.09. The fraction of sp³-hybridized carbons (Fsp3) is 0.167. The van der Waals surface area contributed by atoms with Crippen molar-refractivity contribution in [2.45, 2.75) is 13.8 Å². The number of ether oxygens (including phenoxy) is 2. The van der Waals surface area contributed by atoms with E-state index in [1.807, 2.05) is 37.3 Å². The van der Waals surface area contributed by atoms with Crippen LogP contribution in [-0.4, -0.2) is 51.3 Å². The number of nitrogens with one attached hydrogen (secondary N) is 1. The Labute approximate surface area is 204 Å². The first-order chi connectivity index (χ1) is 17.0. The molecule has 0 aliphatic rings. The van der Waals surface area contributed by atoms with Gasteiger partial charge in [0.1, 0.15) is 16.9 Å². The minimum atomic E-state index is -0.665. The number of aryl methyl sites for hydroxylation is 1. The van der Waals surface area contributed by atoms with Gasteiger partial charge in [0.25, 0.3) is 5.91 Å². The van der Waals surface area contributed by atoms with Crippen molar-refractivity contribution in [3.05, 3.63) is 76.9 Å². The highest BCUT2D eigenvalue weighted by Crippen LogP contribution is 2.40. The number of rotatable bonds is 8. The normalized spacial score (nSPS) is 10.6. The van der Waals surface area contributed by atoms with E-state index < -0.39 is 24.5 Å². The lowest BCUT2D eigenvalue weighted by Crippen LogP contribution is -2.21. The summed E-state index contributed by atoms with van der Waals surface area (Å²) in [7, 11) is 0. The highest BCUT2D eigenvalue weighted by Gasteiger charge is 2.25. The van der Waals surface area contributed by atoms with Crippen molar-refractivity contribution in [3.8, 4) is 16.8 Å². The minimum absolute atomic E-state index is 0.194. The van der Waals surface area contributed by atoms with Crippen molar-refractivity contribution < 1.29 is 23.9 Å². The average Bonchev–Trinajstić information content (AvgIpc) is 3.51. The van der Waals surface area contributed by atoms with Crippen LogP contribution in [0.5, 0.6) is 0 Å². The van der Waals surface area contributed by atoms with Crippen molar-refractivity contribution in [1.29, 1.82) is 0 Å². The Bertz CT molecular complexity index is 1330. The molecule has 2 aromatic heterocycles. The number of amides is 1. The Morgan fingerprint density at radius 1 is 1.00 bits per heavy atom. The molecule has 4 aromatic rings. The van der Waals surface area contributed by atoms with E-state index in [9.17, 15) is 14.4 Å². The van der Waals surface area contributed by atoms with Crippen LogP contribution in [0.15, 0.2) is 60.9 Å². The zero-order chi connectivity index (χ0) is 24.8. The molecule has 0 radical (unpaired) electrons. The Hall–Kier alpha value is -4.38. The van der Waals surface area contributed by atoms with Crippen molar-refractivity contribution in [1.82, 2.24) is 20.2 Å². The smallest absolute Gasteiger partial charge is 0.341 e. The number of hydrogen-bond acceptors (Lipinski definition) is 9. The van der Waals surface area contributed by atoms with E-state index >= 15 is 0 Å². The summed E-state index contributed by atoms with van der Waals surface area (Å²) in [5.41, 5.74) is 2.74. The van der Waals surface area contributed by atoms with Crippen LogP contribution in [0.1, 0.15) is 32.5 Å². The Morgan fingerprint density at radius 3 is 2.40 bits per heavy atom. The topological polar surface area (TPSA) is 125 Å². The molecule has 0 bridgehead atoms. The van der Waals surface area contributed by atoms with Crippen LogP contribution >= 0.6 is 11.3 Å². The van der Waals surface area contributed by atoms with Gasteiger partial charge in [-0.25, -0.2) is 14.3 Å². The predicted octanol–water partition coefficient (Wildman–Crippen LogP) is 3.67. The highest BCUT2D eigenvalue weighted by atomic mass is 32.1. The summed E-state index contributed by atoms with van der Waals surface area (Å²) >= 11 is 1.26. The van der Waals surface area contributed by atoms with E-state index in [4.69, 9.17) is 9.47 Å². The molecule has 0 saturated heterocycles. The Morgan fingerprint density at radius 2 is 1.74 bits per heavy atom. The average molecular weight is 492 g/mol. The maximum Gasteiger partial charge on any atom is 0.341 e. The molecule has 0 atom stereocenters. The number of tetrazole rings is 1. The second-order valence-electron chi connectivity index (χ2n) is 7.25. The first kappa shape index (κ1) is 23.8. The number of esters is 2. The number of benzene rings is 2. The molecular weight excluding hydrogens is 470 g/mol. The number of nitrogens with zero attached hydrogens (tertiary/aromatic N) is 4. The standard InChI is InChI=1S/C24H21N5O5S/c1-3-33-24(32)21-20(16-7-5-4-6-8-16)15(2)35-22(21)26-19(30)13-34-23(31)17-9-11-18(12-10-17)29-14-25-27-28-29/h4-12,14H,3,13H2,1-2H3,(H,26,30). The third-order valence-electron chi connectivity index (χ3n) is 4.93. The van der Waals surface area contributed by atoms with Crippen molar-refractivity contribution in [2.75, 3.05) is 18.5 Å². The second kappa shape index (κ2) is 10.7. The van der Waals surface area contributed by atoms with E-state index in [-0.39, 0.29) is 17.7 Å². The summed E-state index contributed by atoms with van der Waals surface area (Å²) in [5.74, 6) is -1.78. The number of aromatic nitrogens is 4. The molecule has 0 unspecified atom stereocenters. The number of carbonyl (C=O) groups is 3. The van der Waals surface area contributed by atoms with Crippen molar-refractivity contribution in [3.63, 3.8) is 0 Å². The molecule has 0 fully saturated rings. The van der Waals surface area contributed by atoms with Crippen LogP contribution in [0, 0.1) is 6.92 Å². The van der Waals surface area contributed by atoms with Gasteiger partial charge >= 0.3 is 11.9 Å². The summed E-state index contributed by atoms with van der Waals surface area (Å²) in [6, 6.07) is 15.8. The van der Waals surface area contributed by atoms with E-state index in [1.54, 1.807) is 31.2 Å². The molecule has 0 spiro atoms. The van der Waals surface area contributed by atoms with Crippen LogP contribution in [0.25, 0.3) is 16.8 Å². The van der Waals surface area contributed by atoms with Gasteiger partial charge in [-0.1, -0.05) is 30.3 Å². The fourth-order valence-electron chi connectivity index (χ4n) is 3.39. The first-order valence-electron chi connectivity index (χ1n) is 10.6. The maximum atomic E-state index is 12.8. The van der Waals surface area contributed by atoms with Gasteiger partial charge in [-0.3, -0.25) is 4.79 Å². The summed E-state index contributed by atoms with van der Waals surface area (Å²) in [6.07, 6.45) is 1.43. The molecule has 10 nitrogen and oxygen atoms in total. The SMILES string of the molecule is CCOC(=O)c1c(NC(=O)COC(=O)c2ccc(-n3cnnn3)cc2)sc(C)c1-c1ccccc1.